The monoisotopic (exact) mass is 281 g/mol. The van der Waals surface area contributed by atoms with Gasteiger partial charge in [0.05, 0.1) is 6.10 Å². The Kier molecular flexibility index (Phi) is 5.99. The summed E-state index contributed by atoms with van der Waals surface area (Å²) in [7, 11) is 0. The molecule has 0 bridgehead atoms. The number of amides is 1. The van der Waals surface area contributed by atoms with Gasteiger partial charge in [0.25, 0.3) is 0 Å². The lowest BCUT2D eigenvalue weighted by Crippen LogP contribution is -2.50. The van der Waals surface area contributed by atoms with Gasteiger partial charge in [-0.1, -0.05) is 44.2 Å². The van der Waals surface area contributed by atoms with E-state index in [1.165, 1.54) is 0 Å². The van der Waals surface area contributed by atoms with E-state index in [0.717, 1.165) is 5.56 Å². The van der Waals surface area contributed by atoms with Crippen molar-refractivity contribution in [1.29, 1.82) is 0 Å². The molecule has 2 atom stereocenters. The van der Waals surface area contributed by atoms with Crippen LogP contribution in [0, 0.1) is 5.92 Å². The lowest BCUT2D eigenvalue weighted by Gasteiger charge is -2.22. The summed E-state index contributed by atoms with van der Waals surface area (Å²) in [5.41, 5.74) is 0.791. The summed E-state index contributed by atoms with van der Waals surface area (Å²) in [6.07, 6.45) is -2.06. The smallest absolute Gasteiger partial charge is 0.408 e. The highest BCUT2D eigenvalue weighted by molar-refractivity contribution is 5.80. The second-order valence-electron chi connectivity index (χ2n) is 4.76. The fourth-order valence-electron chi connectivity index (χ4n) is 1.57. The Hall–Kier alpha value is -2.08. The summed E-state index contributed by atoms with van der Waals surface area (Å²) in [5, 5.41) is 20.9. The van der Waals surface area contributed by atoms with Crippen molar-refractivity contribution in [1.82, 2.24) is 5.32 Å². The minimum absolute atomic E-state index is 0.0385. The number of carbonyl (C=O) groups excluding carboxylic acids is 1. The Labute approximate surface area is 117 Å². The molecule has 0 heterocycles. The van der Waals surface area contributed by atoms with Crippen LogP contribution in [-0.4, -0.2) is 34.4 Å². The van der Waals surface area contributed by atoms with Crippen molar-refractivity contribution >= 4 is 12.1 Å². The number of nitrogens with one attached hydrogen (secondary N) is 1. The number of hydrogen-bond acceptors (Lipinski definition) is 4. The minimum Gasteiger partial charge on any atom is -0.480 e. The first-order valence-corrected chi connectivity index (χ1v) is 6.30. The van der Waals surface area contributed by atoms with Crippen molar-refractivity contribution in [3.05, 3.63) is 35.9 Å². The summed E-state index contributed by atoms with van der Waals surface area (Å²) >= 11 is 0. The lowest BCUT2D eigenvalue weighted by atomic mass is 10.00. The average Bonchev–Trinajstić information content (AvgIpc) is 2.42. The highest BCUT2D eigenvalue weighted by Crippen LogP contribution is 2.07. The van der Waals surface area contributed by atoms with Gasteiger partial charge >= 0.3 is 12.1 Å². The summed E-state index contributed by atoms with van der Waals surface area (Å²) < 4.78 is 4.91. The van der Waals surface area contributed by atoms with Crippen LogP contribution in [0.5, 0.6) is 0 Å². The molecular weight excluding hydrogens is 262 g/mol. The number of carboxylic acid groups (broad SMARTS) is 1. The molecular formula is C14H19NO5. The SMILES string of the molecule is CC(C)[C@H](O)[C@H](NC(=O)OCc1ccccc1)C(=O)O. The zero-order chi connectivity index (χ0) is 15.1. The molecule has 3 N–H and O–H groups in total. The molecule has 110 valence electrons. The van der Waals surface area contributed by atoms with E-state index >= 15 is 0 Å². The lowest BCUT2D eigenvalue weighted by molar-refractivity contribution is -0.143. The van der Waals surface area contributed by atoms with Crippen LogP contribution in [0.4, 0.5) is 4.79 Å². The van der Waals surface area contributed by atoms with Crippen molar-refractivity contribution in [2.24, 2.45) is 5.92 Å². The second kappa shape index (κ2) is 7.49. The van der Waals surface area contributed by atoms with E-state index in [-0.39, 0.29) is 12.5 Å². The van der Waals surface area contributed by atoms with Gasteiger partial charge < -0.3 is 20.3 Å². The van der Waals surface area contributed by atoms with Gasteiger partial charge in [-0.3, -0.25) is 0 Å². The normalized spacial score (nSPS) is 13.6. The Morgan fingerprint density at radius 1 is 1.25 bits per heavy atom. The first kappa shape index (κ1) is 16.0. The van der Waals surface area contributed by atoms with Crippen LogP contribution in [0.1, 0.15) is 19.4 Å². The Bertz CT molecular complexity index is 446. The molecule has 20 heavy (non-hydrogen) atoms. The number of carbonyl (C=O) groups is 2. The van der Waals surface area contributed by atoms with Gasteiger partial charge in [-0.05, 0) is 11.5 Å². The van der Waals surface area contributed by atoms with Crippen LogP contribution >= 0.6 is 0 Å². The van der Waals surface area contributed by atoms with E-state index in [1.54, 1.807) is 38.1 Å². The number of aliphatic hydroxyl groups is 1. The third kappa shape index (κ3) is 4.89. The van der Waals surface area contributed by atoms with Gasteiger partial charge in [-0.2, -0.15) is 0 Å². The molecule has 1 amide bonds. The fraction of sp³-hybridized carbons (Fsp3) is 0.429. The predicted octanol–water partition coefficient (Wildman–Crippen LogP) is 1.38. The molecule has 0 fully saturated rings. The van der Waals surface area contributed by atoms with E-state index in [1.807, 2.05) is 6.07 Å². The van der Waals surface area contributed by atoms with Crippen LogP contribution in [-0.2, 0) is 16.1 Å². The number of benzene rings is 1. The molecule has 1 aromatic rings. The van der Waals surface area contributed by atoms with Gasteiger partial charge in [0.1, 0.15) is 6.61 Å². The molecule has 0 aromatic heterocycles. The van der Waals surface area contributed by atoms with E-state index < -0.39 is 24.2 Å². The van der Waals surface area contributed by atoms with Crippen LogP contribution in [0.3, 0.4) is 0 Å². The molecule has 0 aliphatic rings. The maximum Gasteiger partial charge on any atom is 0.408 e. The summed E-state index contributed by atoms with van der Waals surface area (Å²) in [5.74, 6) is -1.60. The molecule has 6 heteroatoms. The number of hydrogen-bond donors (Lipinski definition) is 3. The summed E-state index contributed by atoms with van der Waals surface area (Å²) in [6, 6.07) is 7.62. The molecule has 6 nitrogen and oxygen atoms in total. The van der Waals surface area contributed by atoms with Crippen molar-refractivity contribution in [2.45, 2.75) is 32.6 Å². The van der Waals surface area contributed by atoms with Crippen molar-refractivity contribution in [2.75, 3.05) is 0 Å². The van der Waals surface area contributed by atoms with Gasteiger partial charge in [0.2, 0.25) is 0 Å². The molecule has 1 aromatic carbocycles. The first-order valence-electron chi connectivity index (χ1n) is 6.30. The highest BCUT2D eigenvalue weighted by Gasteiger charge is 2.30. The van der Waals surface area contributed by atoms with Gasteiger partial charge in [-0.15, -0.1) is 0 Å². The first-order chi connectivity index (χ1) is 9.41. The molecule has 0 aliphatic carbocycles. The van der Waals surface area contributed by atoms with Crippen LogP contribution in [0.15, 0.2) is 30.3 Å². The predicted molar refractivity (Wildman–Crippen MR) is 72.0 cm³/mol. The molecule has 0 spiro atoms. The second-order valence-corrected chi connectivity index (χ2v) is 4.76. The average molecular weight is 281 g/mol. The zero-order valence-electron chi connectivity index (χ0n) is 11.4. The third-order valence-electron chi connectivity index (χ3n) is 2.78. The molecule has 0 saturated carbocycles. The standard InChI is InChI=1S/C14H19NO5/c1-9(2)12(16)11(13(17)18)15-14(19)20-8-10-6-4-3-5-7-10/h3-7,9,11-12,16H,8H2,1-2H3,(H,15,19)(H,17,18)/t11-,12-/m0/s1. The number of ether oxygens (including phenoxy) is 1. The fourth-order valence-corrected chi connectivity index (χ4v) is 1.57. The minimum atomic E-state index is -1.39. The summed E-state index contributed by atoms with van der Waals surface area (Å²) in [6.45, 7) is 3.37. The molecule has 0 saturated heterocycles. The van der Waals surface area contributed by atoms with Crippen LogP contribution in [0.25, 0.3) is 0 Å². The zero-order valence-corrected chi connectivity index (χ0v) is 11.4. The summed E-state index contributed by atoms with van der Waals surface area (Å²) in [4.78, 5) is 22.6. The Morgan fingerprint density at radius 2 is 1.85 bits per heavy atom. The topological polar surface area (TPSA) is 95.9 Å². The maximum absolute atomic E-state index is 11.6. The Balaban J connectivity index is 2.52. The van der Waals surface area contributed by atoms with E-state index in [9.17, 15) is 14.7 Å². The van der Waals surface area contributed by atoms with E-state index in [4.69, 9.17) is 9.84 Å². The van der Waals surface area contributed by atoms with Crippen molar-refractivity contribution in [3.63, 3.8) is 0 Å². The van der Waals surface area contributed by atoms with Crippen molar-refractivity contribution < 1.29 is 24.5 Å². The third-order valence-corrected chi connectivity index (χ3v) is 2.78. The molecule has 0 radical (unpaired) electrons. The molecule has 0 unspecified atom stereocenters. The maximum atomic E-state index is 11.6. The van der Waals surface area contributed by atoms with Gasteiger partial charge in [0, 0.05) is 0 Å². The molecule has 0 aliphatic heterocycles. The van der Waals surface area contributed by atoms with Gasteiger partial charge in [0.15, 0.2) is 6.04 Å². The van der Waals surface area contributed by atoms with E-state index in [2.05, 4.69) is 5.32 Å². The van der Waals surface area contributed by atoms with Crippen LogP contribution < -0.4 is 5.32 Å². The Morgan fingerprint density at radius 3 is 2.35 bits per heavy atom. The number of rotatable bonds is 6. The van der Waals surface area contributed by atoms with Crippen LogP contribution in [0.2, 0.25) is 0 Å². The van der Waals surface area contributed by atoms with Gasteiger partial charge in [-0.25, -0.2) is 9.59 Å². The number of aliphatic carboxylic acids is 1. The van der Waals surface area contributed by atoms with Crippen molar-refractivity contribution in [3.8, 4) is 0 Å². The van der Waals surface area contributed by atoms with E-state index in [0.29, 0.717) is 0 Å². The number of aliphatic hydroxyl groups excluding tert-OH is 1. The molecule has 1 rings (SSSR count). The highest BCUT2D eigenvalue weighted by atomic mass is 16.5. The number of alkyl carbamates (subject to hydrolysis) is 1. The largest absolute Gasteiger partial charge is 0.480 e. The quantitative estimate of drug-likeness (QED) is 0.732. The number of carboxylic acids is 1.